The third-order valence-corrected chi connectivity index (χ3v) is 3.84. The van der Waals surface area contributed by atoms with Crippen LogP contribution in [0, 0.1) is 11.8 Å². The molecule has 0 aliphatic heterocycles. The highest BCUT2D eigenvalue weighted by molar-refractivity contribution is 4.81. The van der Waals surface area contributed by atoms with Crippen LogP contribution in [0.4, 0.5) is 0 Å². The van der Waals surface area contributed by atoms with Crippen LogP contribution in [0.25, 0.3) is 0 Å². The number of hydrogen-bond donors (Lipinski definition) is 2. The number of rotatable bonds is 4. The van der Waals surface area contributed by atoms with Gasteiger partial charge in [-0.15, -0.1) is 0 Å². The van der Waals surface area contributed by atoms with Crippen LogP contribution < -0.4 is 5.32 Å². The van der Waals surface area contributed by atoms with E-state index < -0.39 is 0 Å². The van der Waals surface area contributed by atoms with Crippen LogP contribution in [0.15, 0.2) is 0 Å². The van der Waals surface area contributed by atoms with Crippen LogP contribution in [-0.2, 0) is 0 Å². The highest BCUT2D eigenvalue weighted by Crippen LogP contribution is 2.31. The molecule has 0 radical (unpaired) electrons. The fourth-order valence-corrected chi connectivity index (χ4v) is 2.97. The summed E-state index contributed by atoms with van der Waals surface area (Å²) in [6.45, 7) is 6.42. The summed E-state index contributed by atoms with van der Waals surface area (Å²) in [7, 11) is 0. The number of nitrogens with one attached hydrogen (secondary N) is 1. The number of aliphatic hydroxyl groups excluding tert-OH is 1. The van der Waals surface area contributed by atoms with E-state index >= 15 is 0 Å². The first kappa shape index (κ1) is 13.0. The molecule has 4 atom stereocenters. The Balaban J connectivity index is 2.54. The van der Waals surface area contributed by atoms with Gasteiger partial charge >= 0.3 is 0 Å². The topological polar surface area (TPSA) is 32.3 Å². The number of hydrogen-bond acceptors (Lipinski definition) is 2. The largest absolute Gasteiger partial charge is 0.379 e. The lowest BCUT2D eigenvalue weighted by atomic mass is 9.82. The maximum Gasteiger partial charge on any atom is 0.102 e. The van der Waals surface area contributed by atoms with Crippen molar-refractivity contribution in [1.82, 2.24) is 5.32 Å². The van der Waals surface area contributed by atoms with Gasteiger partial charge in [0.1, 0.15) is 6.23 Å². The molecule has 0 aromatic carbocycles. The lowest BCUT2D eigenvalue weighted by Gasteiger charge is -2.31. The molecular weight excluding hydrogens is 186 g/mol. The van der Waals surface area contributed by atoms with E-state index in [0.717, 1.165) is 18.3 Å². The van der Waals surface area contributed by atoms with Gasteiger partial charge in [0.15, 0.2) is 0 Å². The Morgan fingerprint density at radius 1 is 1.27 bits per heavy atom. The molecule has 4 unspecified atom stereocenters. The second-order valence-corrected chi connectivity index (χ2v) is 5.14. The van der Waals surface area contributed by atoms with Crippen LogP contribution >= 0.6 is 0 Å². The molecule has 0 spiro atoms. The summed E-state index contributed by atoms with van der Waals surface area (Å²) >= 11 is 0. The van der Waals surface area contributed by atoms with E-state index in [2.05, 4.69) is 19.2 Å². The molecule has 0 amide bonds. The minimum atomic E-state index is -0.370. The van der Waals surface area contributed by atoms with Crippen LogP contribution in [-0.4, -0.2) is 17.4 Å². The van der Waals surface area contributed by atoms with Gasteiger partial charge in [-0.3, -0.25) is 5.32 Å². The smallest absolute Gasteiger partial charge is 0.102 e. The van der Waals surface area contributed by atoms with Gasteiger partial charge in [0.2, 0.25) is 0 Å². The Labute approximate surface area is 94.5 Å². The molecule has 0 heterocycles. The molecule has 1 fully saturated rings. The predicted octanol–water partition coefficient (Wildman–Crippen LogP) is 2.91. The average molecular weight is 213 g/mol. The van der Waals surface area contributed by atoms with E-state index in [-0.39, 0.29) is 6.23 Å². The van der Waals surface area contributed by atoms with Gasteiger partial charge in [0, 0.05) is 6.04 Å². The van der Waals surface area contributed by atoms with Crippen molar-refractivity contribution in [3.05, 3.63) is 0 Å². The van der Waals surface area contributed by atoms with Crippen molar-refractivity contribution in [1.29, 1.82) is 0 Å². The third kappa shape index (κ3) is 4.12. The van der Waals surface area contributed by atoms with Gasteiger partial charge in [-0.2, -0.15) is 0 Å². The van der Waals surface area contributed by atoms with Gasteiger partial charge < -0.3 is 5.11 Å². The minimum absolute atomic E-state index is 0.370. The van der Waals surface area contributed by atoms with Crippen molar-refractivity contribution in [2.45, 2.75) is 71.6 Å². The molecule has 0 aromatic heterocycles. The van der Waals surface area contributed by atoms with E-state index in [1.54, 1.807) is 0 Å². The zero-order valence-electron chi connectivity index (χ0n) is 10.5. The predicted molar refractivity (Wildman–Crippen MR) is 64.6 cm³/mol. The van der Waals surface area contributed by atoms with Gasteiger partial charge in [-0.1, -0.05) is 39.5 Å². The molecule has 2 N–H and O–H groups in total. The Kier molecular flexibility index (Phi) is 5.62. The minimum Gasteiger partial charge on any atom is -0.379 e. The molecular formula is C13H27NO. The summed E-state index contributed by atoms with van der Waals surface area (Å²) in [6, 6.07) is 0.498. The third-order valence-electron chi connectivity index (χ3n) is 3.84. The van der Waals surface area contributed by atoms with Crippen molar-refractivity contribution in [2.75, 3.05) is 0 Å². The summed E-state index contributed by atoms with van der Waals surface area (Å²) in [5.41, 5.74) is 0. The SMILES string of the molecule is CCC(NC(C)O)C1CCCCCC1C. The summed E-state index contributed by atoms with van der Waals surface area (Å²) < 4.78 is 0. The van der Waals surface area contributed by atoms with E-state index in [0.29, 0.717) is 6.04 Å². The second-order valence-electron chi connectivity index (χ2n) is 5.14. The fourth-order valence-electron chi connectivity index (χ4n) is 2.97. The maximum absolute atomic E-state index is 9.43. The Hall–Kier alpha value is -0.0800. The standard InChI is InChI=1S/C13H27NO/c1-4-13(14-11(3)15)12-9-7-5-6-8-10(12)2/h10-15H,4-9H2,1-3H3. The highest BCUT2D eigenvalue weighted by Gasteiger charge is 2.27. The van der Waals surface area contributed by atoms with Crippen molar-refractivity contribution in [3.63, 3.8) is 0 Å². The van der Waals surface area contributed by atoms with Crippen molar-refractivity contribution in [3.8, 4) is 0 Å². The first-order chi connectivity index (χ1) is 7.15. The Morgan fingerprint density at radius 3 is 2.53 bits per heavy atom. The average Bonchev–Trinajstić information content (AvgIpc) is 2.39. The van der Waals surface area contributed by atoms with E-state index in [1.165, 1.54) is 32.1 Å². The molecule has 1 saturated carbocycles. The normalized spacial score (nSPS) is 32.0. The molecule has 0 aromatic rings. The lowest BCUT2D eigenvalue weighted by molar-refractivity contribution is 0.109. The zero-order valence-corrected chi connectivity index (χ0v) is 10.5. The molecule has 2 heteroatoms. The molecule has 1 aliphatic carbocycles. The lowest BCUT2D eigenvalue weighted by Crippen LogP contribution is -2.43. The van der Waals surface area contributed by atoms with Crippen molar-refractivity contribution in [2.24, 2.45) is 11.8 Å². The summed E-state index contributed by atoms with van der Waals surface area (Å²) in [5, 5.41) is 12.7. The maximum atomic E-state index is 9.43. The Morgan fingerprint density at radius 2 is 1.93 bits per heavy atom. The number of aliphatic hydroxyl groups is 1. The van der Waals surface area contributed by atoms with E-state index in [9.17, 15) is 5.11 Å². The van der Waals surface area contributed by atoms with Gasteiger partial charge in [-0.05, 0) is 31.6 Å². The quantitative estimate of drug-likeness (QED) is 0.556. The second kappa shape index (κ2) is 6.49. The highest BCUT2D eigenvalue weighted by atomic mass is 16.3. The van der Waals surface area contributed by atoms with Gasteiger partial charge in [0.25, 0.3) is 0 Å². The van der Waals surface area contributed by atoms with Crippen LogP contribution in [0.2, 0.25) is 0 Å². The molecule has 0 saturated heterocycles. The molecule has 15 heavy (non-hydrogen) atoms. The summed E-state index contributed by atoms with van der Waals surface area (Å²) in [6.07, 6.45) is 7.61. The van der Waals surface area contributed by atoms with Crippen LogP contribution in [0.3, 0.4) is 0 Å². The molecule has 90 valence electrons. The molecule has 1 aliphatic rings. The summed E-state index contributed by atoms with van der Waals surface area (Å²) in [4.78, 5) is 0. The Bertz CT molecular complexity index is 170. The van der Waals surface area contributed by atoms with Crippen LogP contribution in [0.5, 0.6) is 0 Å². The van der Waals surface area contributed by atoms with Gasteiger partial charge in [-0.25, -0.2) is 0 Å². The van der Waals surface area contributed by atoms with E-state index in [1.807, 2.05) is 6.92 Å². The first-order valence-electron chi connectivity index (χ1n) is 6.59. The van der Waals surface area contributed by atoms with E-state index in [4.69, 9.17) is 0 Å². The zero-order chi connectivity index (χ0) is 11.3. The van der Waals surface area contributed by atoms with Crippen LogP contribution in [0.1, 0.15) is 59.3 Å². The molecule has 0 bridgehead atoms. The van der Waals surface area contributed by atoms with Gasteiger partial charge in [0.05, 0.1) is 0 Å². The fraction of sp³-hybridized carbons (Fsp3) is 1.00. The molecule has 1 rings (SSSR count). The van der Waals surface area contributed by atoms with Crippen molar-refractivity contribution >= 4 is 0 Å². The molecule has 2 nitrogen and oxygen atoms in total. The first-order valence-corrected chi connectivity index (χ1v) is 6.59. The monoisotopic (exact) mass is 213 g/mol. The van der Waals surface area contributed by atoms with Crippen molar-refractivity contribution < 1.29 is 5.11 Å². The summed E-state index contributed by atoms with van der Waals surface area (Å²) in [5.74, 6) is 1.57.